The molecular formula is C34H50N4O8. The Morgan fingerprint density at radius 3 is 2.37 bits per heavy atom. The third-order valence-electron chi connectivity index (χ3n) is 8.97. The zero-order valence-electron chi connectivity index (χ0n) is 28.0. The number of amides is 2. The van der Waals surface area contributed by atoms with Gasteiger partial charge in [0.1, 0.15) is 6.10 Å². The summed E-state index contributed by atoms with van der Waals surface area (Å²) in [4.78, 5) is 54.6. The summed E-state index contributed by atoms with van der Waals surface area (Å²) in [7, 11) is 4.81. The van der Waals surface area contributed by atoms with Crippen molar-refractivity contribution in [2.24, 2.45) is 17.6 Å². The summed E-state index contributed by atoms with van der Waals surface area (Å²) in [6.45, 7) is 8.72. The van der Waals surface area contributed by atoms with Crippen LogP contribution in [0.5, 0.6) is 0 Å². The summed E-state index contributed by atoms with van der Waals surface area (Å²) >= 11 is 0. The van der Waals surface area contributed by atoms with Crippen molar-refractivity contribution < 1.29 is 38.5 Å². The molecular weight excluding hydrogens is 592 g/mol. The number of ketones is 2. The molecule has 2 amide bonds. The lowest BCUT2D eigenvalue weighted by atomic mass is 9.84. The molecule has 2 heterocycles. The monoisotopic (exact) mass is 642 g/mol. The molecule has 3 rings (SSSR count). The molecule has 254 valence electrons. The number of piperidine rings is 1. The van der Waals surface area contributed by atoms with Crippen LogP contribution >= 0.6 is 0 Å². The topological polar surface area (TPSA) is 170 Å². The van der Waals surface area contributed by atoms with Crippen LogP contribution in [-0.2, 0) is 28.6 Å². The zero-order valence-corrected chi connectivity index (χ0v) is 28.0. The molecule has 3 aliphatic rings. The molecule has 12 nitrogen and oxygen atoms in total. The van der Waals surface area contributed by atoms with Crippen LogP contribution in [0.2, 0.25) is 0 Å². The van der Waals surface area contributed by atoms with E-state index in [1.54, 1.807) is 32.1 Å². The number of carbonyl (C=O) groups is 4. The first-order valence-electron chi connectivity index (χ1n) is 15.8. The number of hydrogen-bond donors (Lipinski definition) is 4. The summed E-state index contributed by atoms with van der Waals surface area (Å²) in [6.07, 6.45) is 5.71. The molecule has 1 fully saturated rings. The molecule has 6 atom stereocenters. The highest BCUT2D eigenvalue weighted by atomic mass is 16.6. The van der Waals surface area contributed by atoms with E-state index in [-0.39, 0.29) is 35.4 Å². The van der Waals surface area contributed by atoms with Crippen LogP contribution in [0, 0.1) is 11.8 Å². The number of nitrogens with one attached hydrogen (secondary N) is 2. The van der Waals surface area contributed by atoms with Crippen LogP contribution in [0.25, 0.3) is 0 Å². The van der Waals surface area contributed by atoms with Gasteiger partial charge in [0, 0.05) is 50.4 Å². The quantitative estimate of drug-likeness (QED) is 0.258. The Bertz CT molecular complexity index is 1310. The Labute approximate surface area is 271 Å². The summed E-state index contributed by atoms with van der Waals surface area (Å²) < 4.78 is 16.7. The third-order valence-corrected chi connectivity index (χ3v) is 8.97. The minimum Gasteiger partial charge on any atom is -0.439 e. The number of primary amides is 1. The van der Waals surface area contributed by atoms with Gasteiger partial charge < -0.3 is 40.6 Å². The Morgan fingerprint density at radius 2 is 1.76 bits per heavy atom. The number of allylic oxidation sites excluding steroid dienone is 4. The predicted molar refractivity (Wildman–Crippen MR) is 173 cm³/mol. The molecule has 1 aliphatic carbocycles. The van der Waals surface area contributed by atoms with Gasteiger partial charge in [0.05, 0.1) is 23.6 Å². The van der Waals surface area contributed by atoms with Crippen LogP contribution in [0.1, 0.15) is 53.4 Å². The molecule has 2 aliphatic heterocycles. The number of carbonyl (C=O) groups excluding carboxylic acids is 4. The normalized spacial score (nSPS) is 32.4. The van der Waals surface area contributed by atoms with Gasteiger partial charge in [-0.15, -0.1) is 0 Å². The van der Waals surface area contributed by atoms with Crippen LogP contribution in [0.15, 0.2) is 58.5 Å². The van der Waals surface area contributed by atoms with Crippen molar-refractivity contribution >= 4 is 23.6 Å². The molecule has 46 heavy (non-hydrogen) atoms. The van der Waals surface area contributed by atoms with Crippen LogP contribution in [0.4, 0.5) is 4.79 Å². The maximum absolute atomic E-state index is 14.0. The number of methoxy groups -OCH3 is 2. The summed E-state index contributed by atoms with van der Waals surface area (Å²) in [5.74, 6) is -1.93. The molecule has 0 aromatic rings. The van der Waals surface area contributed by atoms with Gasteiger partial charge >= 0.3 is 6.09 Å². The van der Waals surface area contributed by atoms with E-state index in [9.17, 15) is 24.3 Å². The van der Waals surface area contributed by atoms with Crippen molar-refractivity contribution in [1.82, 2.24) is 15.5 Å². The first-order valence-corrected chi connectivity index (χ1v) is 15.8. The first-order chi connectivity index (χ1) is 21.8. The Kier molecular flexibility index (Phi) is 13.5. The summed E-state index contributed by atoms with van der Waals surface area (Å²) in [5.41, 5.74) is 6.83. The lowest BCUT2D eigenvalue weighted by molar-refractivity contribution is -0.120. The van der Waals surface area contributed by atoms with E-state index in [2.05, 4.69) is 10.6 Å². The summed E-state index contributed by atoms with van der Waals surface area (Å²) in [6, 6.07) is 0.0806. The highest BCUT2D eigenvalue weighted by Gasteiger charge is 2.36. The lowest BCUT2D eigenvalue weighted by Crippen LogP contribution is -2.44. The minimum absolute atomic E-state index is 0.0806. The first kappa shape index (κ1) is 36.9. The Balaban J connectivity index is 2.09. The van der Waals surface area contributed by atoms with Crippen molar-refractivity contribution in [2.75, 3.05) is 34.4 Å². The van der Waals surface area contributed by atoms with Crippen molar-refractivity contribution in [3.63, 3.8) is 0 Å². The number of hydrogen-bond acceptors (Lipinski definition) is 10. The summed E-state index contributed by atoms with van der Waals surface area (Å²) in [5, 5.41) is 17.3. The molecule has 0 saturated carbocycles. The van der Waals surface area contributed by atoms with Gasteiger partial charge in [0.2, 0.25) is 11.6 Å². The molecule has 0 spiro atoms. The molecule has 0 radical (unpaired) electrons. The number of nitrogens with two attached hydrogens (primary N) is 1. The van der Waals surface area contributed by atoms with Gasteiger partial charge in [-0.25, -0.2) is 4.79 Å². The van der Waals surface area contributed by atoms with Crippen molar-refractivity contribution in [2.45, 2.75) is 83.8 Å². The molecule has 5 N–H and O–H groups in total. The average Bonchev–Trinajstić information content (AvgIpc) is 3.02. The van der Waals surface area contributed by atoms with E-state index in [1.807, 2.05) is 25.8 Å². The highest BCUT2D eigenvalue weighted by Crippen LogP contribution is 2.32. The van der Waals surface area contributed by atoms with Gasteiger partial charge in [-0.05, 0) is 64.1 Å². The van der Waals surface area contributed by atoms with Gasteiger partial charge in [-0.1, -0.05) is 38.2 Å². The molecule has 2 bridgehead atoms. The number of likely N-dealkylation sites (N-methyl/N-ethyl adjacent to an activating group) is 1. The second-order valence-electron chi connectivity index (χ2n) is 12.5. The number of rotatable bonds is 5. The number of nitrogens with zero attached hydrogens (tertiary/aromatic N) is 1. The standard InChI is InChI=1S/C34H50N4O8/c1-19-15-24-29(38(5)23-11-13-36-14-12-23)26(39)18-25(31(24)41)37-33(42)20(2)9-8-10-27(44-6)32(46-34(35)43)22(4)17-21(3)30(40)28(16-19)45-7/h8-10,17-19,21,23,27-28,30,32,36,40H,11-16H2,1-7H3,(H2,35,43)(H,37,42)/b10-8+,20-9-,22-17+/t19-,21+,27+,28+,30-,32+/m1/s1. The van der Waals surface area contributed by atoms with Crippen LogP contribution in [-0.4, -0.2) is 98.4 Å². The van der Waals surface area contributed by atoms with E-state index in [4.69, 9.17) is 19.9 Å². The van der Waals surface area contributed by atoms with Crippen molar-refractivity contribution in [3.05, 3.63) is 58.5 Å². The molecule has 0 aromatic heterocycles. The lowest BCUT2D eigenvalue weighted by Gasteiger charge is -2.36. The number of ether oxygens (including phenoxy) is 3. The Hall–Kier alpha value is -3.58. The van der Waals surface area contributed by atoms with E-state index in [0.717, 1.165) is 25.9 Å². The van der Waals surface area contributed by atoms with Gasteiger partial charge in [0.15, 0.2) is 6.10 Å². The molecule has 12 heteroatoms. The Morgan fingerprint density at radius 1 is 1.09 bits per heavy atom. The van der Waals surface area contributed by atoms with E-state index >= 15 is 0 Å². The van der Waals surface area contributed by atoms with Gasteiger partial charge in [-0.3, -0.25) is 14.4 Å². The fourth-order valence-electron chi connectivity index (χ4n) is 6.33. The maximum Gasteiger partial charge on any atom is 0.405 e. The van der Waals surface area contributed by atoms with E-state index in [1.165, 1.54) is 26.4 Å². The molecule has 1 saturated heterocycles. The van der Waals surface area contributed by atoms with Crippen molar-refractivity contribution in [1.29, 1.82) is 0 Å². The second kappa shape index (κ2) is 16.8. The van der Waals surface area contributed by atoms with Crippen LogP contribution < -0.4 is 16.4 Å². The predicted octanol–water partition coefficient (Wildman–Crippen LogP) is 2.45. The maximum atomic E-state index is 14.0. The van der Waals surface area contributed by atoms with Crippen LogP contribution in [0.3, 0.4) is 0 Å². The largest absolute Gasteiger partial charge is 0.439 e. The van der Waals surface area contributed by atoms with E-state index < -0.39 is 48.1 Å². The smallest absolute Gasteiger partial charge is 0.405 e. The SMILES string of the molecule is CO[C@H]1/C=C/C=C(/C)C(=O)NC2=CC(=O)C(N(C)C3CCNCC3)=C(C[C@@H](C)C[C@H](OC)[C@H](O)[C@@H](C)/C=C(\C)[C@@H]1OC(N)=O)C2=O. The number of aliphatic hydroxyl groups is 1. The minimum atomic E-state index is -0.993. The number of fused-ring (bicyclic) bond motifs is 2. The number of aliphatic hydroxyl groups excluding tert-OH is 1. The third kappa shape index (κ3) is 9.25. The molecule has 0 aromatic carbocycles. The van der Waals surface area contributed by atoms with Gasteiger partial charge in [-0.2, -0.15) is 0 Å². The molecule has 0 unspecified atom stereocenters. The zero-order chi connectivity index (χ0) is 34.1. The highest BCUT2D eigenvalue weighted by molar-refractivity contribution is 6.23. The average molecular weight is 643 g/mol. The van der Waals surface area contributed by atoms with Crippen molar-refractivity contribution in [3.8, 4) is 0 Å². The van der Waals surface area contributed by atoms with E-state index in [0.29, 0.717) is 23.3 Å². The van der Waals surface area contributed by atoms with Gasteiger partial charge in [0.25, 0.3) is 5.91 Å². The fourth-order valence-corrected chi connectivity index (χ4v) is 6.33. The second-order valence-corrected chi connectivity index (χ2v) is 12.5. The number of Topliss-reactive ketones (excluding diaryl/α,β-unsaturated/α-hetero) is 1. The fraction of sp³-hybridized carbons (Fsp3) is 0.588.